The van der Waals surface area contributed by atoms with E-state index in [-0.39, 0.29) is 17.4 Å². The number of aliphatic hydroxyl groups is 1. The molecule has 1 amide bonds. The lowest BCUT2D eigenvalue weighted by Crippen LogP contribution is -2.30. The molecular weight excluding hydrogens is 366 g/mol. The van der Waals surface area contributed by atoms with Gasteiger partial charge in [0, 0.05) is 12.1 Å². The zero-order valence-corrected chi connectivity index (χ0v) is 17.1. The fourth-order valence-electron chi connectivity index (χ4n) is 3.54. The van der Waals surface area contributed by atoms with Gasteiger partial charge in [-0.05, 0) is 50.1 Å². The Balaban J connectivity index is 2.05. The van der Waals surface area contributed by atoms with E-state index in [0.29, 0.717) is 17.9 Å². The van der Waals surface area contributed by atoms with Crippen LogP contribution in [0.25, 0.3) is 5.76 Å². The van der Waals surface area contributed by atoms with Gasteiger partial charge in [-0.3, -0.25) is 9.59 Å². The third-order valence-corrected chi connectivity index (χ3v) is 4.91. The maximum Gasteiger partial charge on any atom is 0.295 e. The van der Waals surface area contributed by atoms with Gasteiger partial charge in [0.2, 0.25) is 0 Å². The molecule has 152 valence electrons. The molecule has 5 heteroatoms. The minimum Gasteiger partial charge on any atom is -0.507 e. The Bertz CT molecular complexity index is 900. The summed E-state index contributed by atoms with van der Waals surface area (Å²) in [5.74, 6) is -0.685. The number of unbranched alkanes of at least 4 members (excludes halogenated alkanes) is 1. The second kappa shape index (κ2) is 8.95. The number of nitrogens with zero attached hydrogens (tertiary/aromatic N) is 1. The van der Waals surface area contributed by atoms with Crippen LogP contribution in [0, 0.1) is 0 Å². The van der Waals surface area contributed by atoms with Crippen molar-refractivity contribution in [1.82, 2.24) is 4.90 Å². The van der Waals surface area contributed by atoms with Crippen LogP contribution >= 0.6 is 0 Å². The molecule has 1 unspecified atom stereocenters. The molecular formula is C24H27NO4. The van der Waals surface area contributed by atoms with Gasteiger partial charge < -0.3 is 14.7 Å². The van der Waals surface area contributed by atoms with Crippen LogP contribution in [0.5, 0.6) is 5.75 Å². The van der Waals surface area contributed by atoms with Gasteiger partial charge in [-0.15, -0.1) is 0 Å². The Morgan fingerprint density at radius 2 is 1.72 bits per heavy atom. The van der Waals surface area contributed by atoms with Crippen molar-refractivity contribution in [2.45, 2.75) is 45.8 Å². The highest BCUT2D eigenvalue weighted by Gasteiger charge is 2.45. The van der Waals surface area contributed by atoms with E-state index >= 15 is 0 Å². The lowest BCUT2D eigenvalue weighted by molar-refractivity contribution is -0.139. The summed E-state index contributed by atoms with van der Waals surface area (Å²) in [6.45, 7) is 6.38. The van der Waals surface area contributed by atoms with Crippen LogP contribution in [0.4, 0.5) is 0 Å². The van der Waals surface area contributed by atoms with Crippen LogP contribution < -0.4 is 4.74 Å². The summed E-state index contributed by atoms with van der Waals surface area (Å²) >= 11 is 0. The van der Waals surface area contributed by atoms with Gasteiger partial charge in [-0.2, -0.15) is 0 Å². The number of hydrogen-bond donors (Lipinski definition) is 1. The smallest absolute Gasteiger partial charge is 0.295 e. The van der Waals surface area contributed by atoms with Crippen molar-refractivity contribution in [3.63, 3.8) is 0 Å². The summed E-state index contributed by atoms with van der Waals surface area (Å²) in [4.78, 5) is 27.2. The molecule has 5 nitrogen and oxygen atoms in total. The number of carbonyl (C=O) groups excluding carboxylic acids is 2. The van der Waals surface area contributed by atoms with Gasteiger partial charge >= 0.3 is 0 Å². The Labute approximate surface area is 171 Å². The third kappa shape index (κ3) is 4.34. The van der Waals surface area contributed by atoms with Crippen molar-refractivity contribution in [3.8, 4) is 5.75 Å². The van der Waals surface area contributed by atoms with E-state index in [1.807, 2.05) is 51.1 Å². The van der Waals surface area contributed by atoms with E-state index in [1.165, 1.54) is 0 Å². The first-order chi connectivity index (χ1) is 13.9. The maximum atomic E-state index is 12.9. The zero-order valence-electron chi connectivity index (χ0n) is 17.1. The van der Waals surface area contributed by atoms with E-state index in [9.17, 15) is 14.7 Å². The van der Waals surface area contributed by atoms with Crippen LogP contribution in [-0.2, 0) is 9.59 Å². The van der Waals surface area contributed by atoms with Gasteiger partial charge in [0.15, 0.2) is 0 Å². The number of aliphatic hydroxyl groups excluding tert-OH is 1. The first-order valence-electron chi connectivity index (χ1n) is 10.0. The summed E-state index contributed by atoms with van der Waals surface area (Å²) in [7, 11) is 0. The first-order valence-corrected chi connectivity index (χ1v) is 10.0. The summed E-state index contributed by atoms with van der Waals surface area (Å²) in [6.07, 6.45) is 1.73. The van der Waals surface area contributed by atoms with Gasteiger partial charge in [0.05, 0.1) is 17.7 Å². The van der Waals surface area contributed by atoms with Crippen molar-refractivity contribution in [3.05, 3.63) is 71.3 Å². The fraction of sp³-hybridized carbons (Fsp3) is 0.333. The summed E-state index contributed by atoms with van der Waals surface area (Å²) in [5, 5.41) is 11.0. The van der Waals surface area contributed by atoms with E-state index in [0.717, 1.165) is 18.4 Å². The molecule has 0 bridgehead atoms. The molecule has 0 radical (unpaired) electrons. The van der Waals surface area contributed by atoms with Crippen molar-refractivity contribution >= 4 is 17.4 Å². The highest BCUT2D eigenvalue weighted by atomic mass is 16.5. The Morgan fingerprint density at radius 3 is 2.31 bits per heavy atom. The van der Waals surface area contributed by atoms with E-state index in [1.54, 1.807) is 29.2 Å². The average molecular weight is 393 g/mol. The Morgan fingerprint density at radius 1 is 1.07 bits per heavy atom. The molecule has 0 aromatic heterocycles. The minimum absolute atomic E-state index is 0.0383. The zero-order chi connectivity index (χ0) is 21.0. The van der Waals surface area contributed by atoms with Crippen molar-refractivity contribution in [1.29, 1.82) is 0 Å². The molecule has 0 saturated carbocycles. The summed E-state index contributed by atoms with van der Waals surface area (Å²) in [5.41, 5.74) is 1.43. The molecule has 1 saturated heterocycles. The lowest BCUT2D eigenvalue weighted by atomic mass is 9.95. The molecule has 3 rings (SSSR count). The van der Waals surface area contributed by atoms with Crippen LogP contribution in [0.2, 0.25) is 0 Å². The van der Waals surface area contributed by atoms with Crippen molar-refractivity contribution < 1.29 is 19.4 Å². The topological polar surface area (TPSA) is 66.8 Å². The van der Waals surface area contributed by atoms with Gasteiger partial charge in [-0.1, -0.05) is 43.7 Å². The molecule has 0 aliphatic carbocycles. The second-order valence-electron chi connectivity index (χ2n) is 7.45. The molecule has 1 aliphatic heterocycles. The minimum atomic E-state index is -0.644. The first kappa shape index (κ1) is 20.6. The summed E-state index contributed by atoms with van der Waals surface area (Å²) in [6, 6.07) is 15.7. The molecule has 1 N–H and O–H groups in total. The van der Waals surface area contributed by atoms with Crippen LogP contribution in [0.3, 0.4) is 0 Å². The van der Waals surface area contributed by atoms with Gasteiger partial charge in [0.25, 0.3) is 11.7 Å². The SMILES string of the molecule is CCCCN1C(=O)C(=O)/C(=C(\O)c2ccc(OC(C)C)cc2)C1c1ccccc1. The number of ketones is 1. The van der Waals surface area contributed by atoms with E-state index < -0.39 is 17.7 Å². The highest BCUT2D eigenvalue weighted by molar-refractivity contribution is 6.46. The number of Topliss-reactive ketones (excluding diaryl/α,β-unsaturated/α-hetero) is 1. The molecule has 2 aromatic rings. The van der Waals surface area contributed by atoms with Crippen LogP contribution in [0.15, 0.2) is 60.2 Å². The summed E-state index contributed by atoms with van der Waals surface area (Å²) < 4.78 is 5.64. The van der Waals surface area contributed by atoms with E-state index in [4.69, 9.17) is 4.74 Å². The Kier molecular flexibility index (Phi) is 6.37. The molecule has 29 heavy (non-hydrogen) atoms. The molecule has 1 aliphatic rings. The third-order valence-electron chi connectivity index (χ3n) is 4.91. The largest absolute Gasteiger partial charge is 0.507 e. The number of benzene rings is 2. The van der Waals surface area contributed by atoms with Crippen LogP contribution in [-0.4, -0.2) is 34.3 Å². The molecule has 1 atom stereocenters. The van der Waals surface area contributed by atoms with Gasteiger partial charge in [0.1, 0.15) is 11.5 Å². The van der Waals surface area contributed by atoms with Crippen molar-refractivity contribution in [2.24, 2.45) is 0 Å². The lowest BCUT2D eigenvalue weighted by Gasteiger charge is -2.25. The monoisotopic (exact) mass is 393 g/mol. The number of rotatable bonds is 7. The number of hydrogen-bond acceptors (Lipinski definition) is 4. The quantitative estimate of drug-likeness (QED) is 0.421. The second-order valence-corrected chi connectivity index (χ2v) is 7.45. The molecule has 2 aromatic carbocycles. The number of ether oxygens (including phenoxy) is 1. The predicted octanol–water partition coefficient (Wildman–Crippen LogP) is 4.70. The predicted molar refractivity (Wildman–Crippen MR) is 113 cm³/mol. The maximum absolute atomic E-state index is 12.9. The highest BCUT2D eigenvalue weighted by Crippen LogP contribution is 2.39. The number of amides is 1. The average Bonchev–Trinajstić information content (AvgIpc) is 2.97. The normalized spacial score (nSPS) is 18.5. The molecule has 0 spiro atoms. The van der Waals surface area contributed by atoms with E-state index in [2.05, 4.69) is 0 Å². The van der Waals surface area contributed by atoms with Crippen LogP contribution in [0.1, 0.15) is 50.8 Å². The van der Waals surface area contributed by atoms with Gasteiger partial charge in [-0.25, -0.2) is 0 Å². The number of likely N-dealkylation sites (tertiary alicyclic amines) is 1. The number of carbonyl (C=O) groups is 2. The molecule has 1 fully saturated rings. The Hall–Kier alpha value is -3.08. The molecule has 1 heterocycles. The van der Waals surface area contributed by atoms with Crippen molar-refractivity contribution in [2.75, 3.05) is 6.54 Å². The standard InChI is InChI=1S/C24H27NO4/c1-4-5-15-25-21(17-9-7-6-8-10-17)20(23(27)24(25)28)22(26)18-11-13-19(14-12-18)29-16(2)3/h6-14,16,21,26H,4-5,15H2,1-3H3/b22-20-. The fourth-order valence-corrected chi connectivity index (χ4v) is 3.54.